The van der Waals surface area contributed by atoms with Gasteiger partial charge >= 0.3 is 18.3 Å². The highest BCUT2D eigenvalue weighted by atomic mass is 19.4. The van der Waals surface area contributed by atoms with Gasteiger partial charge in [-0.25, -0.2) is 4.79 Å². The van der Waals surface area contributed by atoms with Gasteiger partial charge in [-0.2, -0.15) is 26.3 Å². The number of hydrogen-bond donors (Lipinski definition) is 1. The number of alkyl halides is 6. The normalized spacial score (nSPS) is 22.9. The number of carbonyl (C=O) groups excluding carboxylic acids is 2. The van der Waals surface area contributed by atoms with Gasteiger partial charge in [-0.05, 0) is 43.5 Å². The molecule has 0 aliphatic carbocycles. The van der Waals surface area contributed by atoms with Crippen LogP contribution in [0.4, 0.5) is 26.3 Å². The van der Waals surface area contributed by atoms with Crippen molar-refractivity contribution in [2.45, 2.75) is 43.3 Å². The van der Waals surface area contributed by atoms with E-state index in [1.807, 2.05) is 0 Å². The van der Waals surface area contributed by atoms with E-state index in [1.165, 1.54) is 14.0 Å². The van der Waals surface area contributed by atoms with Crippen LogP contribution in [0.25, 0.3) is 0 Å². The Morgan fingerprint density at radius 3 is 2.03 bits per heavy atom. The van der Waals surface area contributed by atoms with Crippen LogP contribution >= 0.6 is 0 Å². The van der Waals surface area contributed by atoms with Gasteiger partial charge in [0.05, 0.1) is 24.8 Å². The molecule has 2 atom stereocenters. The minimum atomic E-state index is -5.08. The van der Waals surface area contributed by atoms with Crippen LogP contribution in [0, 0.1) is 0 Å². The van der Waals surface area contributed by atoms with E-state index >= 15 is 0 Å². The lowest BCUT2D eigenvalue weighted by molar-refractivity contribution is -0.174. The van der Waals surface area contributed by atoms with Crippen molar-refractivity contribution in [3.05, 3.63) is 70.8 Å². The van der Waals surface area contributed by atoms with Crippen molar-refractivity contribution < 1.29 is 45.4 Å². The molecule has 1 amide bonds. The molecule has 5 nitrogen and oxygen atoms in total. The van der Waals surface area contributed by atoms with E-state index in [-0.39, 0.29) is 25.5 Å². The minimum absolute atomic E-state index is 0.0515. The zero-order valence-electron chi connectivity index (χ0n) is 18.1. The summed E-state index contributed by atoms with van der Waals surface area (Å²) in [4.78, 5) is 24.9. The number of halogens is 6. The van der Waals surface area contributed by atoms with Crippen LogP contribution in [0.15, 0.2) is 48.5 Å². The quantitative estimate of drug-likeness (QED) is 0.470. The first-order chi connectivity index (χ1) is 15.7. The molecule has 0 saturated carbocycles. The molecule has 1 fully saturated rings. The first kappa shape index (κ1) is 25.5. The topological polar surface area (TPSA) is 64.6 Å². The molecule has 34 heavy (non-hydrogen) atoms. The molecule has 11 heteroatoms. The third kappa shape index (κ3) is 5.19. The van der Waals surface area contributed by atoms with Crippen molar-refractivity contribution >= 4 is 11.9 Å². The molecule has 1 N–H and O–H groups in total. The van der Waals surface area contributed by atoms with Gasteiger partial charge in [0.2, 0.25) is 0 Å². The molecular weight excluding hydrogens is 468 g/mol. The van der Waals surface area contributed by atoms with Gasteiger partial charge in [0, 0.05) is 5.56 Å². The maximum Gasteiger partial charge on any atom is 0.416 e. The lowest BCUT2D eigenvalue weighted by Gasteiger charge is -2.33. The summed E-state index contributed by atoms with van der Waals surface area (Å²) in [6, 6.07) is 9.14. The van der Waals surface area contributed by atoms with Crippen LogP contribution in [-0.4, -0.2) is 31.1 Å². The molecule has 2 aromatic rings. The molecular formula is C23H21F6NO4. The summed E-state index contributed by atoms with van der Waals surface area (Å²) in [5.41, 5.74) is -6.04. The van der Waals surface area contributed by atoms with Gasteiger partial charge < -0.3 is 14.8 Å². The molecule has 1 saturated heterocycles. The third-order valence-electron chi connectivity index (χ3n) is 5.73. The highest BCUT2D eigenvalue weighted by Crippen LogP contribution is 2.45. The molecule has 0 unspecified atom stereocenters. The fraction of sp³-hybridized carbons (Fsp3) is 0.391. The van der Waals surface area contributed by atoms with Gasteiger partial charge in [-0.15, -0.1) is 0 Å². The summed E-state index contributed by atoms with van der Waals surface area (Å²) in [6.07, 6.45) is -9.72. The van der Waals surface area contributed by atoms with Crippen molar-refractivity contribution in [1.82, 2.24) is 5.32 Å². The van der Waals surface area contributed by atoms with Crippen LogP contribution in [0.1, 0.15) is 46.8 Å². The molecule has 0 aromatic heterocycles. The number of hydrogen-bond acceptors (Lipinski definition) is 4. The number of esters is 1. The Bertz CT molecular complexity index is 1040. The SMILES string of the molecule is COC(=O)[C@@]1(C)CC[C@](CNC(=O)c2cc(C(F)(F)F)cc(C(F)(F)F)c2)(c2ccccc2)O1. The largest absolute Gasteiger partial charge is 0.467 e. The minimum Gasteiger partial charge on any atom is -0.467 e. The van der Waals surface area contributed by atoms with Gasteiger partial charge in [0.1, 0.15) is 5.60 Å². The Balaban J connectivity index is 1.93. The molecule has 1 aliphatic rings. The maximum absolute atomic E-state index is 13.1. The molecule has 184 valence electrons. The second kappa shape index (κ2) is 8.94. The van der Waals surface area contributed by atoms with Crippen LogP contribution in [0.2, 0.25) is 0 Å². The zero-order valence-corrected chi connectivity index (χ0v) is 18.1. The Kier molecular flexibility index (Phi) is 6.71. The fourth-order valence-corrected chi connectivity index (χ4v) is 3.92. The average Bonchev–Trinajstić information content (AvgIpc) is 3.15. The Morgan fingerprint density at radius 1 is 0.971 bits per heavy atom. The van der Waals surface area contributed by atoms with Crippen molar-refractivity contribution in [2.75, 3.05) is 13.7 Å². The number of methoxy groups -OCH3 is 1. The smallest absolute Gasteiger partial charge is 0.416 e. The van der Waals surface area contributed by atoms with Crippen molar-refractivity contribution in [3.63, 3.8) is 0 Å². The number of ether oxygens (including phenoxy) is 2. The molecule has 1 aliphatic heterocycles. The molecule has 0 bridgehead atoms. The van der Waals surface area contributed by atoms with Crippen molar-refractivity contribution in [2.24, 2.45) is 0 Å². The Morgan fingerprint density at radius 2 is 1.53 bits per heavy atom. The van der Waals surface area contributed by atoms with E-state index in [9.17, 15) is 35.9 Å². The third-order valence-corrected chi connectivity index (χ3v) is 5.73. The number of rotatable bonds is 5. The van der Waals surface area contributed by atoms with Crippen molar-refractivity contribution in [3.8, 4) is 0 Å². The van der Waals surface area contributed by atoms with Gasteiger partial charge in [-0.1, -0.05) is 30.3 Å². The number of nitrogens with one attached hydrogen (secondary N) is 1. The summed E-state index contributed by atoms with van der Waals surface area (Å²) in [7, 11) is 1.19. The zero-order chi connectivity index (χ0) is 25.4. The molecule has 0 spiro atoms. The lowest BCUT2D eigenvalue weighted by atomic mass is 9.89. The Hall–Kier alpha value is -3.08. The number of carbonyl (C=O) groups is 2. The summed E-state index contributed by atoms with van der Waals surface area (Å²) >= 11 is 0. The highest BCUT2D eigenvalue weighted by molar-refractivity contribution is 5.94. The summed E-state index contributed by atoms with van der Waals surface area (Å²) in [5.74, 6) is -1.80. The first-order valence-electron chi connectivity index (χ1n) is 10.1. The van der Waals surface area contributed by atoms with Crippen LogP contribution < -0.4 is 5.32 Å². The predicted molar refractivity (Wildman–Crippen MR) is 108 cm³/mol. The second-order valence-corrected chi connectivity index (χ2v) is 8.16. The molecule has 1 heterocycles. The van der Waals surface area contributed by atoms with E-state index in [1.54, 1.807) is 30.3 Å². The number of benzene rings is 2. The molecule has 0 radical (unpaired) electrons. The predicted octanol–water partition coefficient (Wildman–Crippen LogP) is 5.09. The van der Waals surface area contributed by atoms with E-state index < -0.39 is 52.1 Å². The maximum atomic E-state index is 13.1. The van der Waals surface area contributed by atoms with E-state index in [0.29, 0.717) is 17.7 Å². The highest BCUT2D eigenvalue weighted by Gasteiger charge is 2.52. The summed E-state index contributed by atoms with van der Waals surface area (Å²) in [6.45, 7) is 1.20. The average molecular weight is 489 g/mol. The van der Waals surface area contributed by atoms with Crippen LogP contribution in [0.3, 0.4) is 0 Å². The lowest BCUT2D eigenvalue weighted by Crippen LogP contribution is -2.45. The van der Waals surface area contributed by atoms with Crippen molar-refractivity contribution in [1.29, 1.82) is 0 Å². The molecule has 2 aromatic carbocycles. The van der Waals surface area contributed by atoms with Crippen LogP contribution in [-0.2, 0) is 32.2 Å². The van der Waals surface area contributed by atoms with E-state index in [2.05, 4.69) is 5.32 Å². The first-order valence-corrected chi connectivity index (χ1v) is 10.1. The van der Waals surface area contributed by atoms with Gasteiger partial charge in [0.25, 0.3) is 5.91 Å². The number of amides is 1. The van der Waals surface area contributed by atoms with Gasteiger partial charge in [-0.3, -0.25) is 4.79 Å². The van der Waals surface area contributed by atoms with Crippen LogP contribution in [0.5, 0.6) is 0 Å². The van der Waals surface area contributed by atoms with E-state index in [0.717, 1.165) is 0 Å². The monoisotopic (exact) mass is 489 g/mol. The summed E-state index contributed by atoms with van der Waals surface area (Å²) < 4.78 is 89.7. The summed E-state index contributed by atoms with van der Waals surface area (Å²) in [5, 5.41) is 2.38. The van der Waals surface area contributed by atoms with Gasteiger partial charge in [0.15, 0.2) is 5.60 Å². The Labute approximate surface area is 191 Å². The molecule has 3 rings (SSSR count). The standard InChI is InChI=1S/C23H21F6NO4/c1-20(19(32)33-2)8-9-21(34-20,15-6-4-3-5-7-15)13-30-18(31)14-10-16(22(24,25)26)12-17(11-14)23(27,28)29/h3-7,10-12H,8-9,13H2,1-2H3,(H,30,31)/t20-,21+/m1/s1. The second-order valence-electron chi connectivity index (χ2n) is 8.16. The fourth-order valence-electron chi connectivity index (χ4n) is 3.92. The van der Waals surface area contributed by atoms with E-state index in [4.69, 9.17) is 9.47 Å².